The van der Waals surface area contributed by atoms with E-state index < -0.39 is 17.5 Å². The molecule has 1 N–H and O–H groups in total. The maximum Gasteiger partial charge on any atom is 0.307 e. The fourth-order valence-electron chi connectivity index (χ4n) is 3.03. The predicted octanol–water partition coefficient (Wildman–Crippen LogP) is 4.06. The van der Waals surface area contributed by atoms with E-state index in [0.29, 0.717) is 25.3 Å². The highest BCUT2D eigenvalue weighted by Crippen LogP contribution is 2.15. The van der Waals surface area contributed by atoms with Crippen LogP contribution < -0.4 is 10.1 Å². The van der Waals surface area contributed by atoms with Crippen molar-refractivity contribution in [1.29, 1.82) is 0 Å². The van der Waals surface area contributed by atoms with Gasteiger partial charge in [0, 0.05) is 20.1 Å². The number of halogens is 1. The molecule has 2 aromatic carbocycles. The maximum atomic E-state index is 13.2. The van der Waals surface area contributed by atoms with Crippen molar-refractivity contribution in [2.75, 3.05) is 20.3 Å². The van der Waals surface area contributed by atoms with Gasteiger partial charge in [-0.25, -0.2) is 4.39 Å². The molecule has 0 spiro atoms. The van der Waals surface area contributed by atoms with Gasteiger partial charge in [-0.3, -0.25) is 9.59 Å². The van der Waals surface area contributed by atoms with Gasteiger partial charge in [0.2, 0.25) is 5.91 Å². The minimum absolute atomic E-state index is 0.0466. The quantitative estimate of drug-likeness (QED) is 0.528. The highest BCUT2D eigenvalue weighted by Gasteiger charge is 2.25. The van der Waals surface area contributed by atoms with Crippen molar-refractivity contribution in [2.24, 2.45) is 5.92 Å². The molecule has 0 unspecified atom stereocenters. The van der Waals surface area contributed by atoms with Gasteiger partial charge in [0.05, 0.1) is 25.6 Å². The minimum atomic E-state index is -0.625. The highest BCUT2D eigenvalue weighted by atomic mass is 19.1. The number of carbonyl (C=O) groups is 2. The first-order valence-corrected chi connectivity index (χ1v) is 10.6. The van der Waals surface area contributed by atoms with Crippen molar-refractivity contribution < 1.29 is 28.2 Å². The van der Waals surface area contributed by atoms with Gasteiger partial charge in [-0.1, -0.05) is 24.3 Å². The third-order valence-corrected chi connectivity index (χ3v) is 4.51. The van der Waals surface area contributed by atoms with E-state index >= 15 is 0 Å². The fourth-order valence-corrected chi connectivity index (χ4v) is 3.03. The number of benzene rings is 2. The summed E-state index contributed by atoms with van der Waals surface area (Å²) < 4.78 is 29.3. The van der Waals surface area contributed by atoms with Crippen LogP contribution >= 0.6 is 0 Å². The first kappa shape index (κ1) is 25.3. The number of esters is 1. The van der Waals surface area contributed by atoms with E-state index in [1.165, 1.54) is 19.2 Å². The normalized spacial score (nSPS) is 12.2. The number of rotatable bonds is 11. The summed E-state index contributed by atoms with van der Waals surface area (Å²) in [5, 5.41) is 2.84. The molecule has 0 saturated carbocycles. The van der Waals surface area contributed by atoms with Gasteiger partial charge in [0.1, 0.15) is 17.2 Å². The molecule has 0 aliphatic rings. The van der Waals surface area contributed by atoms with Crippen molar-refractivity contribution in [2.45, 2.75) is 45.8 Å². The van der Waals surface area contributed by atoms with Crippen molar-refractivity contribution in [3.8, 4) is 5.75 Å². The van der Waals surface area contributed by atoms with Gasteiger partial charge >= 0.3 is 5.97 Å². The summed E-state index contributed by atoms with van der Waals surface area (Å²) in [5.74, 6) is -0.894. The van der Waals surface area contributed by atoms with Crippen LogP contribution in [0, 0.1) is 11.7 Å². The second kappa shape index (κ2) is 12.2. The fraction of sp³-hybridized carbons (Fsp3) is 0.440. The standard InChI is InChI=1S/C25H32FNO5/c1-25(2,3)32-23(28)15-20(17-30-4)24(29)27-16-19-8-10-22(11-9-19)31-13-12-18-6-5-7-21(26)14-18/h5-11,14,20H,12-13,15-17H2,1-4H3,(H,27,29)/t20-/m1/s1. The lowest BCUT2D eigenvalue weighted by molar-refractivity contribution is -0.158. The lowest BCUT2D eigenvalue weighted by Gasteiger charge is -2.21. The first-order chi connectivity index (χ1) is 15.2. The maximum absolute atomic E-state index is 13.2. The monoisotopic (exact) mass is 445 g/mol. The summed E-state index contributed by atoms with van der Waals surface area (Å²) in [5.41, 5.74) is 1.16. The Morgan fingerprint density at radius 3 is 2.41 bits per heavy atom. The third-order valence-electron chi connectivity index (χ3n) is 4.51. The molecule has 0 saturated heterocycles. The van der Waals surface area contributed by atoms with Crippen LogP contribution in [0.15, 0.2) is 48.5 Å². The van der Waals surface area contributed by atoms with Crippen LogP contribution in [0.1, 0.15) is 38.3 Å². The van der Waals surface area contributed by atoms with E-state index in [1.54, 1.807) is 26.8 Å². The Labute approximate surface area is 189 Å². The lowest BCUT2D eigenvalue weighted by atomic mass is 10.1. The molecule has 174 valence electrons. The minimum Gasteiger partial charge on any atom is -0.493 e. The summed E-state index contributed by atoms with van der Waals surface area (Å²) in [6.45, 7) is 6.23. The number of nitrogens with one attached hydrogen (secondary N) is 1. The molecule has 0 radical (unpaired) electrons. The van der Waals surface area contributed by atoms with E-state index in [1.807, 2.05) is 30.3 Å². The van der Waals surface area contributed by atoms with Gasteiger partial charge < -0.3 is 19.5 Å². The van der Waals surface area contributed by atoms with Crippen LogP contribution in [0.2, 0.25) is 0 Å². The largest absolute Gasteiger partial charge is 0.493 e. The Bertz CT molecular complexity index is 877. The Hall–Kier alpha value is -2.93. The first-order valence-electron chi connectivity index (χ1n) is 10.6. The van der Waals surface area contributed by atoms with Crippen molar-refractivity contribution in [3.63, 3.8) is 0 Å². The number of methoxy groups -OCH3 is 1. The number of ether oxygens (including phenoxy) is 3. The molecule has 0 aromatic heterocycles. The van der Waals surface area contributed by atoms with Crippen molar-refractivity contribution >= 4 is 11.9 Å². The summed E-state index contributed by atoms with van der Waals surface area (Å²) in [6, 6.07) is 13.8. The molecular weight excluding hydrogens is 413 g/mol. The van der Waals surface area contributed by atoms with Crippen LogP contribution in [-0.4, -0.2) is 37.8 Å². The Morgan fingerprint density at radius 1 is 1.06 bits per heavy atom. The molecule has 0 bridgehead atoms. The van der Waals surface area contributed by atoms with Gasteiger partial charge in [-0.05, 0) is 56.2 Å². The van der Waals surface area contributed by atoms with Crippen LogP contribution in [0.3, 0.4) is 0 Å². The third kappa shape index (κ3) is 9.47. The summed E-state index contributed by atoms with van der Waals surface area (Å²) in [6.07, 6.45) is 0.559. The molecule has 0 fully saturated rings. The second-order valence-corrected chi connectivity index (χ2v) is 8.53. The summed E-state index contributed by atoms with van der Waals surface area (Å²) in [4.78, 5) is 24.6. The topological polar surface area (TPSA) is 73.9 Å². The second-order valence-electron chi connectivity index (χ2n) is 8.53. The van der Waals surface area contributed by atoms with E-state index in [0.717, 1.165) is 11.1 Å². The Kier molecular flexibility index (Phi) is 9.65. The number of carbonyl (C=O) groups excluding carboxylic acids is 2. The Morgan fingerprint density at radius 2 is 1.78 bits per heavy atom. The molecule has 2 aromatic rings. The van der Waals surface area contributed by atoms with Crippen LogP contribution in [-0.2, 0) is 32.0 Å². The molecule has 2 rings (SSSR count). The molecule has 7 heteroatoms. The van der Waals surface area contributed by atoms with Crippen molar-refractivity contribution in [1.82, 2.24) is 5.32 Å². The SMILES string of the molecule is COC[C@@H](CC(=O)OC(C)(C)C)C(=O)NCc1ccc(OCCc2cccc(F)c2)cc1. The van der Waals surface area contributed by atoms with Crippen molar-refractivity contribution in [3.05, 3.63) is 65.5 Å². The van der Waals surface area contributed by atoms with E-state index in [9.17, 15) is 14.0 Å². The van der Waals surface area contributed by atoms with E-state index in [-0.39, 0.29) is 24.8 Å². The lowest BCUT2D eigenvalue weighted by Crippen LogP contribution is -2.35. The smallest absolute Gasteiger partial charge is 0.307 e. The highest BCUT2D eigenvalue weighted by molar-refractivity contribution is 5.84. The zero-order valence-electron chi connectivity index (χ0n) is 19.2. The van der Waals surface area contributed by atoms with E-state index in [2.05, 4.69) is 5.32 Å². The molecule has 0 heterocycles. The molecule has 0 aliphatic carbocycles. The molecular formula is C25H32FNO5. The van der Waals surface area contributed by atoms with Gasteiger partial charge in [-0.15, -0.1) is 0 Å². The average Bonchev–Trinajstić information content (AvgIpc) is 2.71. The summed E-state index contributed by atoms with van der Waals surface area (Å²) in [7, 11) is 1.49. The average molecular weight is 446 g/mol. The van der Waals surface area contributed by atoms with Crippen LogP contribution in [0.4, 0.5) is 4.39 Å². The molecule has 6 nitrogen and oxygen atoms in total. The van der Waals surface area contributed by atoms with Gasteiger partial charge in [0.25, 0.3) is 0 Å². The molecule has 1 amide bonds. The zero-order valence-corrected chi connectivity index (χ0v) is 19.2. The molecule has 1 atom stereocenters. The van der Waals surface area contributed by atoms with Crippen LogP contribution in [0.5, 0.6) is 5.75 Å². The number of hydrogen-bond donors (Lipinski definition) is 1. The molecule has 32 heavy (non-hydrogen) atoms. The van der Waals surface area contributed by atoms with Crippen LogP contribution in [0.25, 0.3) is 0 Å². The summed E-state index contributed by atoms with van der Waals surface area (Å²) >= 11 is 0. The van der Waals surface area contributed by atoms with Gasteiger partial charge in [0.15, 0.2) is 0 Å². The molecule has 0 aliphatic heterocycles. The number of amides is 1. The Balaban J connectivity index is 1.80. The predicted molar refractivity (Wildman–Crippen MR) is 120 cm³/mol. The van der Waals surface area contributed by atoms with Gasteiger partial charge in [-0.2, -0.15) is 0 Å². The number of hydrogen-bond acceptors (Lipinski definition) is 5. The zero-order chi connectivity index (χ0) is 23.6. The van der Waals surface area contributed by atoms with E-state index in [4.69, 9.17) is 14.2 Å².